The van der Waals surface area contributed by atoms with Crippen LogP contribution in [0.15, 0.2) is 0 Å². The number of anilines is 1. The van der Waals surface area contributed by atoms with Gasteiger partial charge in [-0.05, 0) is 6.92 Å². The molecule has 6 heteroatoms. The van der Waals surface area contributed by atoms with Crippen LogP contribution < -0.4 is 5.32 Å². The van der Waals surface area contributed by atoms with Gasteiger partial charge < -0.3 is 9.88 Å². The van der Waals surface area contributed by atoms with Gasteiger partial charge in [0.25, 0.3) is 5.92 Å². The molecule has 0 bridgehead atoms. The highest BCUT2D eigenvalue weighted by Gasteiger charge is 2.25. The highest BCUT2D eigenvalue weighted by Crippen LogP contribution is 2.18. The molecule has 74 valence electrons. The van der Waals surface area contributed by atoms with Gasteiger partial charge in [-0.15, -0.1) is 10.2 Å². The van der Waals surface area contributed by atoms with E-state index in [-0.39, 0.29) is 5.82 Å². The number of aromatic nitrogens is 3. The summed E-state index contributed by atoms with van der Waals surface area (Å²) < 4.78 is 26.7. The fourth-order valence-electron chi connectivity index (χ4n) is 1.01. The summed E-state index contributed by atoms with van der Waals surface area (Å²) in [6.45, 7) is 0.862. The Morgan fingerprint density at radius 2 is 2.08 bits per heavy atom. The smallest absolute Gasteiger partial charge is 0.252 e. The van der Waals surface area contributed by atoms with Gasteiger partial charge in [-0.25, -0.2) is 8.78 Å². The minimum absolute atomic E-state index is 0.275. The van der Waals surface area contributed by atoms with Crippen molar-refractivity contribution in [2.75, 3.05) is 12.4 Å². The zero-order valence-corrected chi connectivity index (χ0v) is 7.80. The molecule has 0 spiro atoms. The summed E-state index contributed by atoms with van der Waals surface area (Å²) in [6.07, 6.45) is -0.391. The summed E-state index contributed by atoms with van der Waals surface area (Å²) in [5, 5.41) is 10.1. The monoisotopic (exact) mass is 190 g/mol. The van der Waals surface area contributed by atoms with E-state index >= 15 is 0 Å². The van der Waals surface area contributed by atoms with Crippen LogP contribution in [-0.2, 0) is 13.5 Å². The Bertz CT molecular complexity index is 289. The van der Waals surface area contributed by atoms with Crippen LogP contribution in [0.5, 0.6) is 0 Å². The van der Waals surface area contributed by atoms with Crippen LogP contribution in [-0.4, -0.2) is 27.7 Å². The van der Waals surface area contributed by atoms with Crippen molar-refractivity contribution in [1.82, 2.24) is 14.8 Å². The number of nitrogens with zero attached hydrogens (tertiary/aromatic N) is 3. The van der Waals surface area contributed by atoms with Gasteiger partial charge in [0.05, 0.1) is 6.42 Å². The van der Waals surface area contributed by atoms with Crippen molar-refractivity contribution in [2.24, 2.45) is 7.05 Å². The highest BCUT2D eigenvalue weighted by molar-refractivity contribution is 5.23. The van der Waals surface area contributed by atoms with Gasteiger partial charge in [0.15, 0.2) is 0 Å². The molecule has 0 aliphatic carbocycles. The summed E-state index contributed by atoms with van der Waals surface area (Å²) in [6, 6.07) is 0. The van der Waals surface area contributed by atoms with E-state index in [2.05, 4.69) is 15.5 Å². The van der Waals surface area contributed by atoms with Crippen molar-refractivity contribution in [1.29, 1.82) is 0 Å². The molecule has 0 aliphatic heterocycles. The van der Waals surface area contributed by atoms with E-state index in [4.69, 9.17) is 0 Å². The topological polar surface area (TPSA) is 42.7 Å². The maximum atomic E-state index is 12.6. The second-order valence-corrected chi connectivity index (χ2v) is 3.00. The third kappa shape index (κ3) is 2.37. The summed E-state index contributed by atoms with van der Waals surface area (Å²) in [5.41, 5.74) is 0. The van der Waals surface area contributed by atoms with Crippen molar-refractivity contribution >= 4 is 5.95 Å². The largest absolute Gasteiger partial charge is 0.357 e. The Balaban J connectivity index is 2.84. The minimum atomic E-state index is -2.74. The second kappa shape index (κ2) is 3.27. The summed E-state index contributed by atoms with van der Waals surface area (Å²) in [5.74, 6) is -1.98. The lowest BCUT2D eigenvalue weighted by Crippen LogP contribution is -2.17. The fraction of sp³-hybridized carbons (Fsp3) is 0.714. The first-order chi connectivity index (χ1) is 5.94. The fourth-order valence-corrected chi connectivity index (χ4v) is 1.01. The quantitative estimate of drug-likeness (QED) is 0.774. The number of hydrogen-bond donors (Lipinski definition) is 1. The molecule has 4 nitrogen and oxygen atoms in total. The second-order valence-electron chi connectivity index (χ2n) is 3.00. The minimum Gasteiger partial charge on any atom is -0.357 e. The van der Waals surface area contributed by atoms with E-state index in [9.17, 15) is 8.78 Å². The third-order valence-electron chi connectivity index (χ3n) is 1.66. The maximum Gasteiger partial charge on any atom is 0.252 e. The summed E-state index contributed by atoms with van der Waals surface area (Å²) >= 11 is 0. The van der Waals surface area contributed by atoms with Crippen LogP contribution in [0.4, 0.5) is 14.7 Å². The first-order valence-electron chi connectivity index (χ1n) is 3.88. The van der Waals surface area contributed by atoms with Gasteiger partial charge in [-0.3, -0.25) is 0 Å². The molecule has 0 radical (unpaired) electrons. The van der Waals surface area contributed by atoms with Crippen LogP contribution in [0, 0.1) is 0 Å². The molecule has 0 aromatic carbocycles. The molecule has 1 heterocycles. The van der Waals surface area contributed by atoms with Crippen LogP contribution in [0.1, 0.15) is 12.7 Å². The molecule has 1 N–H and O–H groups in total. The SMILES string of the molecule is CNc1nnc(CC(C)(F)F)n1C. The number of hydrogen-bond acceptors (Lipinski definition) is 3. The zero-order chi connectivity index (χ0) is 10.1. The Morgan fingerprint density at radius 1 is 1.46 bits per heavy atom. The zero-order valence-electron chi connectivity index (χ0n) is 7.80. The number of rotatable bonds is 3. The summed E-state index contributed by atoms with van der Waals surface area (Å²) in [4.78, 5) is 0. The van der Waals surface area contributed by atoms with Crippen molar-refractivity contribution in [3.05, 3.63) is 5.82 Å². The van der Waals surface area contributed by atoms with Crippen LogP contribution in [0.25, 0.3) is 0 Å². The Morgan fingerprint density at radius 3 is 2.46 bits per heavy atom. The average molecular weight is 190 g/mol. The Labute approximate surface area is 75.0 Å². The predicted octanol–water partition coefficient (Wildman–Crippen LogP) is 1.05. The molecular formula is C7H12F2N4. The van der Waals surface area contributed by atoms with Gasteiger partial charge in [-0.1, -0.05) is 0 Å². The van der Waals surface area contributed by atoms with E-state index in [1.165, 1.54) is 4.57 Å². The molecule has 1 rings (SSSR count). The molecule has 0 unspecified atom stereocenters. The molecule has 0 saturated heterocycles. The lowest BCUT2D eigenvalue weighted by atomic mass is 10.2. The van der Waals surface area contributed by atoms with Gasteiger partial charge in [0, 0.05) is 14.1 Å². The van der Waals surface area contributed by atoms with E-state index in [0.717, 1.165) is 6.92 Å². The molecule has 1 aromatic heterocycles. The van der Waals surface area contributed by atoms with E-state index < -0.39 is 12.3 Å². The van der Waals surface area contributed by atoms with Crippen LogP contribution in [0.3, 0.4) is 0 Å². The molecule has 0 fully saturated rings. The van der Waals surface area contributed by atoms with E-state index in [0.29, 0.717) is 5.95 Å². The molecule has 0 atom stereocenters. The number of halogens is 2. The number of alkyl halides is 2. The molecular weight excluding hydrogens is 178 g/mol. The third-order valence-corrected chi connectivity index (χ3v) is 1.66. The lowest BCUT2D eigenvalue weighted by Gasteiger charge is -2.08. The van der Waals surface area contributed by atoms with Gasteiger partial charge in [0.2, 0.25) is 5.95 Å². The molecule has 0 aliphatic rings. The Kier molecular flexibility index (Phi) is 2.49. The van der Waals surface area contributed by atoms with Crippen molar-refractivity contribution in [3.8, 4) is 0 Å². The van der Waals surface area contributed by atoms with Crippen LogP contribution >= 0.6 is 0 Å². The van der Waals surface area contributed by atoms with Gasteiger partial charge >= 0.3 is 0 Å². The van der Waals surface area contributed by atoms with Crippen LogP contribution in [0.2, 0.25) is 0 Å². The molecule has 1 aromatic rings. The van der Waals surface area contributed by atoms with Gasteiger partial charge in [-0.2, -0.15) is 0 Å². The van der Waals surface area contributed by atoms with E-state index in [1.54, 1.807) is 14.1 Å². The van der Waals surface area contributed by atoms with Crippen molar-refractivity contribution in [2.45, 2.75) is 19.3 Å². The molecule has 0 saturated carbocycles. The van der Waals surface area contributed by atoms with Crippen molar-refractivity contribution in [3.63, 3.8) is 0 Å². The maximum absolute atomic E-state index is 12.6. The average Bonchev–Trinajstić information content (AvgIpc) is 2.30. The standard InChI is InChI=1S/C7H12F2N4/c1-7(8,9)4-5-11-12-6(10-2)13(5)3/h4H2,1-3H3,(H,10,12). The molecule has 13 heavy (non-hydrogen) atoms. The molecule has 0 amide bonds. The van der Waals surface area contributed by atoms with Gasteiger partial charge in [0.1, 0.15) is 5.82 Å². The lowest BCUT2D eigenvalue weighted by molar-refractivity contribution is 0.0199. The highest BCUT2D eigenvalue weighted by atomic mass is 19.3. The predicted molar refractivity (Wildman–Crippen MR) is 44.9 cm³/mol. The number of nitrogens with one attached hydrogen (secondary N) is 1. The normalized spacial score (nSPS) is 11.8. The van der Waals surface area contributed by atoms with Crippen molar-refractivity contribution < 1.29 is 8.78 Å². The first-order valence-corrected chi connectivity index (χ1v) is 3.88. The first kappa shape index (κ1) is 9.88. The Hall–Kier alpha value is -1.20. The van der Waals surface area contributed by atoms with E-state index in [1.807, 2.05) is 0 Å². The summed E-state index contributed by atoms with van der Waals surface area (Å²) in [7, 11) is 3.31.